The predicted molar refractivity (Wildman–Crippen MR) is 65.9 cm³/mol. The highest BCUT2D eigenvalue weighted by atomic mass is 32.1. The Bertz CT molecular complexity index is 401. The Kier molecular flexibility index (Phi) is 3.63. The first kappa shape index (κ1) is 12.3. The Labute approximate surface area is 104 Å². The van der Waals surface area contributed by atoms with Crippen molar-refractivity contribution in [2.75, 3.05) is 6.54 Å². The lowest BCUT2D eigenvalue weighted by Crippen LogP contribution is -2.49. The molecular formula is C11H17N3O2S. The van der Waals surface area contributed by atoms with E-state index in [1.807, 2.05) is 6.92 Å². The fourth-order valence-corrected chi connectivity index (χ4v) is 2.43. The van der Waals surface area contributed by atoms with Gasteiger partial charge in [0.1, 0.15) is 5.01 Å². The second-order valence-corrected chi connectivity index (χ2v) is 5.80. The van der Waals surface area contributed by atoms with E-state index in [2.05, 4.69) is 15.6 Å². The molecule has 1 saturated carbocycles. The van der Waals surface area contributed by atoms with Gasteiger partial charge in [-0.1, -0.05) is 0 Å². The summed E-state index contributed by atoms with van der Waals surface area (Å²) in [7, 11) is 0. The number of aryl methyl sites for hydroxylation is 1. The van der Waals surface area contributed by atoms with E-state index in [1.54, 1.807) is 17.5 Å². The minimum Gasteiger partial charge on any atom is -0.388 e. The lowest BCUT2D eigenvalue weighted by atomic mass is 9.80. The molecule has 1 aromatic heterocycles. The van der Waals surface area contributed by atoms with E-state index in [1.165, 1.54) is 0 Å². The number of carbonyl (C=O) groups excluding carboxylic acids is 1. The van der Waals surface area contributed by atoms with Gasteiger partial charge < -0.3 is 15.7 Å². The largest absolute Gasteiger partial charge is 0.388 e. The Hall–Kier alpha value is -1.14. The number of hydrogen-bond acceptors (Lipinski definition) is 4. The summed E-state index contributed by atoms with van der Waals surface area (Å²) in [6.45, 7) is 2.74. The van der Waals surface area contributed by atoms with Crippen molar-refractivity contribution >= 4 is 17.4 Å². The van der Waals surface area contributed by atoms with E-state index in [9.17, 15) is 9.90 Å². The molecule has 2 amide bonds. The molecule has 0 unspecified atom stereocenters. The summed E-state index contributed by atoms with van der Waals surface area (Å²) >= 11 is 1.57. The third-order valence-electron chi connectivity index (χ3n) is 2.93. The molecule has 0 spiro atoms. The monoisotopic (exact) mass is 255 g/mol. The van der Waals surface area contributed by atoms with Crippen LogP contribution in [0.5, 0.6) is 0 Å². The lowest BCUT2D eigenvalue weighted by Gasteiger charge is -2.36. The second-order valence-electron chi connectivity index (χ2n) is 4.48. The summed E-state index contributed by atoms with van der Waals surface area (Å²) < 4.78 is 0. The smallest absolute Gasteiger partial charge is 0.315 e. The van der Waals surface area contributed by atoms with Crippen LogP contribution >= 0.6 is 11.3 Å². The van der Waals surface area contributed by atoms with Crippen molar-refractivity contribution < 1.29 is 9.90 Å². The topological polar surface area (TPSA) is 74.2 Å². The predicted octanol–water partition coefficient (Wildman–Crippen LogP) is 1.17. The molecule has 0 bridgehead atoms. The number of amides is 2. The van der Waals surface area contributed by atoms with E-state index in [4.69, 9.17) is 0 Å². The second kappa shape index (κ2) is 5.01. The van der Waals surface area contributed by atoms with Gasteiger partial charge in [0, 0.05) is 17.6 Å². The van der Waals surface area contributed by atoms with Crippen molar-refractivity contribution in [2.24, 2.45) is 0 Å². The summed E-state index contributed by atoms with van der Waals surface area (Å²) in [5.41, 5.74) is -0.672. The van der Waals surface area contributed by atoms with Crippen molar-refractivity contribution in [3.8, 4) is 0 Å². The quantitative estimate of drug-likeness (QED) is 0.756. The standard InChI is InChI=1S/C11H17N3O2S/c1-8-5-12-9(17-8)6-13-10(15)14-7-11(16)3-2-4-11/h5,16H,2-4,6-7H2,1H3,(H2,13,14,15). The van der Waals surface area contributed by atoms with Crippen LogP contribution in [0, 0.1) is 6.92 Å². The molecule has 1 aliphatic carbocycles. The number of thiazole rings is 1. The molecule has 1 aliphatic rings. The van der Waals surface area contributed by atoms with Crippen molar-refractivity contribution in [3.05, 3.63) is 16.1 Å². The van der Waals surface area contributed by atoms with Crippen LogP contribution in [0.4, 0.5) is 4.79 Å². The Morgan fingerprint density at radius 1 is 1.59 bits per heavy atom. The number of aromatic nitrogens is 1. The molecular weight excluding hydrogens is 238 g/mol. The van der Waals surface area contributed by atoms with Crippen LogP contribution in [-0.4, -0.2) is 28.3 Å². The van der Waals surface area contributed by atoms with Gasteiger partial charge in [0.15, 0.2) is 0 Å². The number of nitrogens with one attached hydrogen (secondary N) is 2. The molecule has 5 nitrogen and oxygen atoms in total. The Morgan fingerprint density at radius 3 is 2.88 bits per heavy atom. The van der Waals surface area contributed by atoms with Gasteiger partial charge in [-0.15, -0.1) is 11.3 Å². The van der Waals surface area contributed by atoms with Gasteiger partial charge in [0.05, 0.1) is 12.1 Å². The molecule has 0 saturated heterocycles. The Morgan fingerprint density at radius 2 is 2.35 bits per heavy atom. The minimum absolute atomic E-state index is 0.252. The highest BCUT2D eigenvalue weighted by molar-refractivity contribution is 7.11. The average Bonchev–Trinajstić information content (AvgIpc) is 2.67. The van der Waals surface area contributed by atoms with Gasteiger partial charge in [-0.25, -0.2) is 9.78 Å². The van der Waals surface area contributed by atoms with Crippen molar-refractivity contribution in [2.45, 2.75) is 38.3 Å². The molecule has 1 heterocycles. The van der Waals surface area contributed by atoms with Crippen molar-refractivity contribution in [1.82, 2.24) is 15.6 Å². The summed E-state index contributed by atoms with van der Waals surface area (Å²) in [6.07, 6.45) is 4.38. The van der Waals surface area contributed by atoms with Gasteiger partial charge in [0.25, 0.3) is 0 Å². The molecule has 0 aromatic carbocycles. The first-order chi connectivity index (χ1) is 8.07. The van der Waals surface area contributed by atoms with E-state index in [0.29, 0.717) is 13.1 Å². The maximum atomic E-state index is 11.5. The SMILES string of the molecule is Cc1cnc(CNC(=O)NCC2(O)CCC2)s1. The van der Waals surface area contributed by atoms with E-state index < -0.39 is 5.60 Å². The molecule has 0 radical (unpaired) electrons. The molecule has 1 fully saturated rings. The molecule has 1 aromatic rings. The zero-order valence-corrected chi connectivity index (χ0v) is 10.6. The number of hydrogen-bond donors (Lipinski definition) is 3. The zero-order chi connectivity index (χ0) is 12.3. The molecule has 0 aliphatic heterocycles. The summed E-state index contributed by atoms with van der Waals surface area (Å²) in [5.74, 6) is 0. The van der Waals surface area contributed by atoms with Crippen molar-refractivity contribution in [3.63, 3.8) is 0 Å². The Balaban J connectivity index is 1.67. The normalized spacial score (nSPS) is 17.3. The van der Waals surface area contributed by atoms with Crippen LogP contribution in [0.2, 0.25) is 0 Å². The fourth-order valence-electron chi connectivity index (χ4n) is 1.71. The first-order valence-electron chi connectivity index (χ1n) is 5.73. The zero-order valence-electron chi connectivity index (χ0n) is 9.82. The number of nitrogens with zero attached hydrogens (tertiary/aromatic N) is 1. The van der Waals surface area contributed by atoms with Crippen LogP contribution in [-0.2, 0) is 6.54 Å². The van der Waals surface area contributed by atoms with Crippen LogP contribution in [0.3, 0.4) is 0 Å². The van der Waals surface area contributed by atoms with Crippen LogP contribution in [0.1, 0.15) is 29.1 Å². The minimum atomic E-state index is -0.672. The van der Waals surface area contributed by atoms with Gasteiger partial charge in [-0.2, -0.15) is 0 Å². The first-order valence-corrected chi connectivity index (χ1v) is 6.54. The van der Waals surface area contributed by atoms with Crippen LogP contribution < -0.4 is 10.6 Å². The number of rotatable bonds is 4. The van der Waals surface area contributed by atoms with E-state index in [0.717, 1.165) is 29.1 Å². The lowest BCUT2D eigenvalue weighted by molar-refractivity contribution is -0.0290. The number of carbonyl (C=O) groups is 1. The van der Waals surface area contributed by atoms with Crippen molar-refractivity contribution in [1.29, 1.82) is 0 Å². The number of urea groups is 1. The van der Waals surface area contributed by atoms with Gasteiger partial charge in [-0.05, 0) is 26.2 Å². The van der Waals surface area contributed by atoms with E-state index >= 15 is 0 Å². The van der Waals surface area contributed by atoms with Gasteiger partial charge >= 0.3 is 6.03 Å². The molecule has 6 heteroatoms. The van der Waals surface area contributed by atoms with Crippen LogP contribution in [0.15, 0.2) is 6.20 Å². The molecule has 3 N–H and O–H groups in total. The van der Waals surface area contributed by atoms with Crippen LogP contribution in [0.25, 0.3) is 0 Å². The highest BCUT2D eigenvalue weighted by Crippen LogP contribution is 2.30. The molecule has 17 heavy (non-hydrogen) atoms. The summed E-state index contributed by atoms with van der Waals surface area (Å²) in [6, 6.07) is -0.252. The molecule has 0 atom stereocenters. The third-order valence-corrected chi connectivity index (χ3v) is 3.84. The van der Waals surface area contributed by atoms with E-state index in [-0.39, 0.29) is 6.03 Å². The summed E-state index contributed by atoms with van der Waals surface area (Å²) in [4.78, 5) is 16.7. The summed E-state index contributed by atoms with van der Waals surface area (Å²) in [5, 5.41) is 16.1. The maximum Gasteiger partial charge on any atom is 0.315 e. The number of aliphatic hydroxyl groups is 1. The highest BCUT2D eigenvalue weighted by Gasteiger charge is 2.34. The van der Waals surface area contributed by atoms with Gasteiger partial charge in [-0.3, -0.25) is 0 Å². The molecule has 2 rings (SSSR count). The third kappa shape index (κ3) is 3.41. The maximum absolute atomic E-state index is 11.5. The fraction of sp³-hybridized carbons (Fsp3) is 0.636. The molecule has 94 valence electrons. The van der Waals surface area contributed by atoms with Gasteiger partial charge in [0.2, 0.25) is 0 Å². The average molecular weight is 255 g/mol.